The number of aliphatic hydroxyl groups excluding tert-OH is 1. The number of rotatable bonds is 7. The first-order valence-electron chi connectivity index (χ1n) is 16.6. The molecule has 3 heterocycles. The third-order valence-corrected chi connectivity index (χ3v) is 9.25. The molecular formula is C35H51FN4O7. The summed E-state index contributed by atoms with van der Waals surface area (Å²) in [6, 6.07) is 4.64. The molecular weight excluding hydrogens is 607 g/mol. The van der Waals surface area contributed by atoms with Crippen LogP contribution in [-0.4, -0.2) is 129 Å². The SMILES string of the molecule is COCCN1CCN(c2cc(F)cc(/C=C(\C)[C@H]3OC(=O)C[C@@H](O)CC[C@@H](C)[C@@H](OC(=O)N4CCN(C)CC4)/C=C\[C@@H]3C)c2)CC1=O. The number of methoxy groups -OCH3 is 1. The number of carbonyl (C=O) groups excluding carboxylic acids is 3. The van der Waals surface area contributed by atoms with Crippen LogP contribution >= 0.6 is 0 Å². The van der Waals surface area contributed by atoms with E-state index in [-0.39, 0.29) is 36.8 Å². The Balaban J connectivity index is 1.54. The molecule has 3 aliphatic heterocycles. The molecule has 11 nitrogen and oxygen atoms in total. The van der Waals surface area contributed by atoms with E-state index >= 15 is 0 Å². The maximum absolute atomic E-state index is 14.9. The van der Waals surface area contributed by atoms with Crippen molar-refractivity contribution >= 4 is 29.7 Å². The summed E-state index contributed by atoms with van der Waals surface area (Å²) < 4.78 is 31.9. The van der Waals surface area contributed by atoms with Crippen LogP contribution in [0.25, 0.3) is 6.08 Å². The Bertz CT molecular complexity index is 1300. The number of hydrogen-bond donors (Lipinski definition) is 1. The van der Waals surface area contributed by atoms with Crippen molar-refractivity contribution in [2.24, 2.45) is 11.8 Å². The van der Waals surface area contributed by atoms with Gasteiger partial charge in [0.1, 0.15) is 18.0 Å². The van der Waals surface area contributed by atoms with E-state index in [1.807, 2.05) is 50.9 Å². The van der Waals surface area contributed by atoms with Gasteiger partial charge in [-0.05, 0) is 68.1 Å². The fourth-order valence-electron chi connectivity index (χ4n) is 6.20. The van der Waals surface area contributed by atoms with Crippen LogP contribution in [0.2, 0.25) is 0 Å². The van der Waals surface area contributed by atoms with Gasteiger partial charge in [-0.25, -0.2) is 9.18 Å². The summed E-state index contributed by atoms with van der Waals surface area (Å²) in [6.07, 6.45) is 3.79. The van der Waals surface area contributed by atoms with Gasteiger partial charge in [-0.2, -0.15) is 0 Å². The summed E-state index contributed by atoms with van der Waals surface area (Å²) in [5.74, 6) is -1.42. The summed E-state index contributed by atoms with van der Waals surface area (Å²) in [7, 11) is 3.62. The number of aliphatic hydroxyl groups is 1. The fraction of sp³-hybridized carbons (Fsp3) is 0.629. The minimum Gasteiger partial charge on any atom is -0.457 e. The van der Waals surface area contributed by atoms with Gasteiger partial charge in [0.25, 0.3) is 0 Å². The van der Waals surface area contributed by atoms with E-state index in [9.17, 15) is 23.9 Å². The predicted octanol–water partition coefficient (Wildman–Crippen LogP) is 3.56. The number of anilines is 1. The number of esters is 1. The number of amides is 2. The molecule has 0 aliphatic carbocycles. The minimum atomic E-state index is -0.897. The van der Waals surface area contributed by atoms with Crippen LogP contribution in [0.1, 0.15) is 45.6 Å². The van der Waals surface area contributed by atoms with Crippen LogP contribution in [0.4, 0.5) is 14.9 Å². The van der Waals surface area contributed by atoms with Crippen LogP contribution in [-0.2, 0) is 23.8 Å². The zero-order valence-corrected chi connectivity index (χ0v) is 28.4. The molecule has 0 saturated carbocycles. The number of hydrogen-bond acceptors (Lipinski definition) is 9. The Hall–Kier alpha value is -3.48. The molecule has 0 spiro atoms. The number of benzene rings is 1. The Morgan fingerprint density at radius 3 is 2.51 bits per heavy atom. The zero-order chi connectivity index (χ0) is 34.1. The van der Waals surface area contributed by atoms with E-state index in [0.29, 0.717) is 69.0 Å². The minimum absolute atomic E-state index is 0.0457. The standard InChI is InChI=1S/C35H51FN4O7/c1-24-6-8-30(41)22-33(43)47-34(25(2)7-9-31(24)46-35(44)39-12-10-37(4)11-13-39)26(3)18-27-19-28(36)21-29(20-27)40-15-14-38(16-17-45-5)32(42)23-40/h7,9,18-21,24-25,30-31,34,41H,6,8,10-17,22-23H2,1-5H3/b9-7-,26-18+/t24-,25+,30+,31+,34+/m1/s1. The molecule has 1 aromatic rings. The molecule has 0 aromatic heterocycles. The Kier molecular flexibility index (Phi) is 13.2. The first-order valence-corrected chi connectivity index (χ1v) is 16.6. The Morgan fingerprint density at radius 1 is 1.06 bits per heavy atom. The second-order valence-electron chi connectivity index (χ2n) is 13.1. The Labute approximate surface area is 277 Å². The number of piperazine rings is 2. The fourth-order valence-corrected chi connectivity index (χ4v) is 6.20. The average Bonchev–Trinajstić information content (AvgIpc) is 3.03. The molecule has 2 amide bonds. The van der Waals surface area contributed by atoms with Crippen LogP contribution in [0.15, 0.2) is 35.9 Å². The van der Waals surface area contributed by atoms with Gasteiger partial charge in [-0.15, -0.1) is 0 Å². The van der Waals surface area contributed by atoms with Crippen molar-refractivity contribution in [2.45, 2.75) is 58.3 Å². The van der Waals surface area contributed by atoms with E-state index in [4.69, 9.17) is 14.2 Å². The monoisotopic (exact) mass is 658 g/mol. The van der Waals surface area contributed by atoms with Crippen molar-refractivity contribution in [1.82, 2.24) is 14.7 Å². The van der Waals surface area contributed by atoms with Crippen molar-refractivity contribution in [3.8, 4) is 0 Å². The normalized spacial score (nSPS) is 27.9. The number of nitrogens with zero attached hydrogens (tertiary/aromatic N) is 4. The van der Waals surface area contributed by atoms with Crippen molar-refractivity contribution in [3.05, 3.63) is 47.3 Å². The summed E-state index contributed by atoms with van der Waals surface area (Å²) in [6.45, 7) is 10.6. The molecule has 0 unspecified atom stereocenters. The lowest BCUT2D eigenvalue weighted by Gasteiger charge is -2.35. The van der Waals surface area contributed by atoms with Gasteiger partial charge in [0.15, 0.2) is 0 Å². The van der Waals surface area contributed by atoms with Crippen LogP contribution in [0.5, 0.6) is 0 Å². The molecule has 0 radical (unpaired) electrons. The van der Waals surface area contributed by atoms with E-state index in [1.165, 1.54) is 12.1 Å². The summed E-state index contributed by atoms with van der Waals surface area (Å²) in [4.78, 5) is 46.2. The number of carbonyl (C=O) groups is 3. The van der Waals surface area contributed by atoms with E-state index in [0.717, 1.165) is 13.1 Å². The zero-order valence-electron chi connectivity index (χ0n) is 28.4. The van der Waals surface area contributed by atoms with Crippen LogP contribution in [0, 0.1) is 17.7 Å². The number of ether oxygens (including phenoxy) is 3. The first-order chi connectivity index (χ1) is 22.4. The first kappa shape index (κ1) is 36.4. The highest BCUT2D eigenvalue weighted by atomic mass is 19.1. The number of halogens is 1. The third-order valence-electron chi connectivity index (χ3n) is 9.25. The van der Waals surface area contributed by atoms with Gasteiger partial charge in [0.05, 0.1) is 25.7 Å². The maximum Gasteiger partial charge on any atom is 0.410 e. The largest absolute Gasteiger partial charge is 0.457 e. The second-order valence-corrected chi connectivity index (χ2v) is 13.1. The highest BCUT2D eigenvalue weighted by Crippen LogP contribution is 2.28. The summed E-state index contributed by atoms with van der Waals surface area (Å²) >= 11 is 0. The van der Waals surface area contributed by atoms with Gasteiger partial charge in [-0.1, -0.05) is 26.0 Å². The third kappa shape index (κ3) is 10.5. The van der Waals surface area contributed by atoms with E-state index < -0.39 is 30.1 Å². The van der Waals surface area contributed by atoms with Crippen molar-refractivity contribution < 1.29 is 38.1 Å². The average molecular weight is 659 g/mol. The molecule has 2 fully saturated rings. The molecule has 260 valence electrons. The van der Waals surface area contributed by atoms with E-state index in [2.05, 4.69) is 4.90 Å². The summed E-state index contributed by atoms with van der Waals surface area (Å²) in [5, 5.41) is 10.6. The van der Waals surface area contributed by atoms with Gasteiger partial charge in [0, 0.05) is 64.5 Å². The molecule has 12 heteroatoms. The van der Waals surface area contributed by atoms with Crippen LogP contribution in [0.3, 0.4) is 0 Å². The maximum atomic E-state index is 14.9. The molecule has 1 N–H and O–H groups in total. The van der Waals surface area contributed by atoms with Gasteiger partial charge in [0.2, 0.25) is 5.91 Å². The van der Waals surface area contributed by atoms with Gasteiger partial charge in [-0.3, -0.25) is 9.59 Å². The predicted molar refractivity (Wildman–Crippen MR) is 177 cm³/mol. The van der Waals surface area contributed by atoms with Gasteiger partial charge >= 0.3 is 12.1 Å². The topological polar surface area (TPSA) is 112 Å². The van der Waals surface area contributed by atoms with Crippen molar-refractivity contribution in [2.75, 3.05) is 78.0 Å². The highest BCUT2D eigenvalue weighted by molar-refractivity contribution is 5.83. The van der Waals surface area contributed by atoms with Crippen molar-refractivity contribution in [1.29, 1.82) is 0 Å². The number of cyclic esters (lactones) is 1. The highest BCUT2D eigenvalue weighted by Gasteiger charge is 2.29. The molecule has 47 heavy (non-hydrogen) atoms. The van der Waals surface area contributed by atoms with Crippen molar-refractivity contribution in [3.63, 3.8) is 0 Å². The van der Waals surface area contributed by atoms with E-state index in [1.54, 1.807) is 23.0 Å². The smallest absolute Gasteiger partial charge is 0.410 e. The molecule has 4 rings (SSSR count). The number of likely N-dealkylation sites (N-methyl/N-ethyl adjacent to an activating group) is 1. The molecule has 3 aliphatic rings. The Morgan fingerprint density at radius 2 is 1.81 bits per heavy atom. The molecule has 0 bridgehead atoms. The quantitative estimate of drug-likeness (QED) is 0.347. The molecule has 2 saturated heterocycles. The lowest BCUT2D eigenvalue weighted by Crippen LogP contribution is -2.51. The van der Waals surface area contributed by atoms with Crippen LogP contribution < -0.4 is 4.90 Å². The van der Waals surface area contributed by atoms with Gasteiger partial charge < -0.3 is 38.9 Å². The summed E-state index contributed by atoms with van der Waals surface area (Å²) in [5.41, 5.74) is 1.84. The second kappa shape index (κ2) is 17.1. The molecule has 1 aromatic carbocycles. The lowest BCUT2D eigenvalue weighted by atomic mass is 9.91. The molecule has 5 atom stereocenters. The lowest BCUT2D eigenvalue weighted by molar-refractivity contribution is -0.151.